The van der Waals surface area contributed by atoms with Crippen LogP contribution in [0.15, 0.2) is 42.6 Å². The fourth-order valence-corrected chi connectivity index (χ4v) is 4.62. The lowest BCUT2D eigenvalue weighted by atomic mass is 9.95. The van der Waals surface area contributed by atoms with Gasteiger partial charge in [-0.1, -0.05) is 30.3 Å². The molecule has 1 saturated heterocycles. The van der Waals surface area contributed by atoms with Crippen LogP contribution in [0.4, 0.5) is 0 Å². The second kappa shape index (κ2) is 7.79. The first-order valence-corrected chi connectivity index (χ1v) is 9.88. The molecule has 3 rings (SSSR count). The van der Waals surface area contributed by atoms with Gasteiger partial charge >= 0.3 is 0 Å². The first-order valence-electron chi connectivity index (χ1n) is 8.28. The van der Waals surface area contributed by atoms with Gasteiger partial charge in [0.2, 0.25) is 15.9 Å². The topological polar surface area (TPSA) is 112 Å². The van der Waals surface area contributed by atoms with E-state index in [-0.39, 0.29) is 49.2 Å². The van der Waals surface area contributed by atoms with E-state index in [0.717, 1.165) is 9.87 Å². The Hall–Kier alpha value is -2.52. The highest BCUT2D eigenvalue weighted by Gasteiger charge is 2.33. The van der Waals surface area contributed by atoms with Crippen LogP contribution in [0.5, 0.6) is 0 Å². The number of hydrogen-bond acceptors (Lipinski definition) is 5. The third kappa shape index (κ3) is 4.36. The third-order valence-corrected chi connectivity index (χ3v) is 6.19. The van der Waals surface area contributed by atoms with E-state index in [2.05, 4.69) is 15.5 Å². The van der Waals surface area contributed by atoms with Crippen molar-refractivity contribution in [2.45, 2.75) is 6.42 Å². The molecule has 1 aliphatic heterocycles. The highest BCUT2D eigenvalue weighted by molar-refractivity contribution is 7.89. The maximum atomic E-state index is 12.8. The van der Waals surface area contributed by atoms with Gasteiger partial charge in [-0.15, -0.1) is 0 Å². The molecule has 0 saturated carbocycles. The van der Waals surface area contributed by atoms with E-state index in [9.17, 15) is 18.0 Å². The summed E-state index contributed by atoms with van der Waals surface area (Å²) in [4.78, 5) is 24.3. The maximum absolute atomic E-state index is 12.8. The monoisotopic (exact) mass is 376 g/mol. The number of nitrogens with zero attached hydrogens (tertiary/aromatic N) is 2. The molecule has 0 radical (unpaired) electrons. The number of amides is 1. The molecule has 0 aliphatic carbocycles. The summed E-state index contributed by atoms with van der Waals surface area (Å²) in [5.41, 5.74) is 1.15. The molecule has 0 spiro atoms. The number of piperazine rings is 1. The van der Waals surface area contributed by atoms with Crippen LogP contribution >= 0.6 is 0 Å². The van der Waals surface area contributed by atoms with Crippen LogP contribution in [0.25, 0.3) is 0 Å². The quantitative estimate of drug-likeness (QED) is 0.671. The first-order chi connectivity index (χ1) is 12.5. The van der Waals surface area contributed by atoms with E-state index < -0.39 is 15.9 Å². The van der Waals surface area contributed by atoms with Crippen LogP contribution < -0.4 is 5.32 Å². The van der Waals surface area contributed by atoms with Crippen LogP contribution in [0.3, 0.4) is 0 Å². The van der Waals surface area contributed by atoms with E-state index in [4.69, 9.17) is 0 Å². The molecule has 8 nitrogen and oxygen atoms in total. The van der Waals surface area contributed by atoms with Gasteiger partial charge in [0.25, 0.3) is 0 Å². The molecular formula is C17H20N4O4S. The molecule has 2 heterocycles. The van der Waals surface area contributed by atoms with Gasteiger partial charge in [-0.3, -0.25) is 14.7 Å². The lowest BCUT2D eigenvalue weighted by Crippen LogP contribution is -2.51. The summed E-state index contributed by atoms with van der Waals surface area (Å²) in [7, 11) is -3.75. The standard InChI is InChI=1S/C17H20N4O4S/c22-16-11-21(9-8-18-16)26(24,25)12-14(10-13-4-2-1-3-5-13)17(23)15-6-7-19-20-15/h1-7,14H,8-12H2,(H,18,22)(H,19,20)/t14-/m1/s1. The van der Waals surface area contributed by atoms with Gasteiger partial charge in [-0.05, 0) is 18.1 Å². The number of nitrogens with one attached hydrogen (secondary N) is 2. The van der Waals surface area contributed by atoms with Crippen molar-refractivity contribution in [3.63, 3.8) is 0 Å². The minimum atomic E-state index is -3.75. The highest BCUT2D eigenvalue weighted by Crippen LogP contribution is 2.18. The number of hydrogen-bond donors (Lipinski definition) is 2. The highest BCUT2D eigenvalue weighted by atomic mass is 32.2. The summed E-state index contributed by atoms with van der Waals surface area (Å²) in [6.45, 7) is 0.277. The van der Waals surface area contributed by atoms with Gasteiger partial charge in [0.15, 0.2) is 5.78 Å². The Morgan fingerprint density at radius 1 is 1.23 bits per heavy atom. The number of carbonyl (C=O) groups is 2. The molecule has 1 atom stereocenters. The molecule has 1 amide bonds. The Kier molecular flexibility index (Phi) is 5.48. The zero-order valence-electron chi connectivity index (χ0n) is 14.1. The molecule has 2 aromatic rings. The molecule has 2 N–H and O–H groups in total. The third-order valence-electron chi connectivity index (χ3n) is 4.27. The lowest BCUT2D eigenvalue weighted by molar-refractivity contribution is -0.122. The first kappa shape index (κ1) is 18.3. The van der Waals surface area contributed by atoms with Gasteiger partial charge < -0.3 is 5.32 Å². The number of Topliss-reactive ketones (excluding diaryl/α,β-unsaturated/α-hetero) is 1. The molecule has 26 heavy (non-hydrogen) atoms. The smallest absolute Gasteiger partial charge is 0.235 e. The summed E-state index contributed by atoms with van der Waals surface area (Å²) in [6, 6.07) is 10.8. The van der Waals surface area contributed by atoms with Crippen molar-refractivity contribution in [1.82, 2.24) is 19.8 Å². The number of carbonyl (C=O) groups excluding carboxylic acids is 2. The summed E-state index contributed by atoms with van der Waals surface area (Å²) in [6.07, 6.45) is 1.74. The molecule has 1 aliphatic rings. The Balaban J connectivity index is 1.82. The van der Waals surface area contributed by atoms with E-state index in [0.29, 0.717) is 0 Å². The van der Waals surface area contributed by atoms with Gasteiger partial charge in [0.1, 0.15) is 5.69 Å². The molecule has 1 fully saturated rings. The minimum absolute atomic E-state index is 0.210. The predicted molar refractivity (Wildman–Crippen MR) is 94.9 cm³/mol. The van der Waals surface area contributed by atoms with Crippen LogP contribution in [0.2, 0.25) is 0 Å². The van der Waals surface area contributed by atoms with Gasteiger partial charge in [0, 0.05) is 25.2 Å². The second-order valence-electron chi connectivity index (χ2n) is 6.18. The fraction of sp³-hybridized carbons (Fsp3) is 0.353. The minimum Gasteiger partial charge on any atom is -0.354 e. The number of aromatic nitrogens is 2. The van der Waals surface area contributed by atoms with Crippen molar-refractivity contribution in [1.29, 1.82) is 0 Å². The Morgan fingerprint density at radius 2 is 2.00 bits per heavy atom. The zero-order chi connectivity index (χ0) is 18.6. The van der Waals surface area contributed by atoms with E-state index >= 15 is 0 Å². The van der Waals surface area contributed by atoms with Crippen molar-refractivity contribution < 1.29 is 18.0 Å². The summed E-state index contributed by atoms with van der Waals surface area (Å²) in [5, 5.41) is 8.97. The predicted octanol–water partition coefficient (Wildman–Crippen LogP) is 0.213. The van der Waals surface area contributed by atoms with Crippen molar-refractivity contribution in [2.75, 3.05) is 25.4 Å². The maximum Gasteiger partial charge on any atom is 0.235 e. The van der Waals surface area contributed by atoms with Crippen LogP contribution in [-0.4, -0.2) is 60.0 Å². The van der Waals surface area contributed by atoms with Crippen molar-refractivity contribution >= 4 is 21.7 Å². The Labute approximate surface area is 151 Å². The number of benzene rings is 1. The molecule has 0 bridgehead atoms. The van der Waals surface area contributed by atoms with Crippen molar-refractivity contribution in [2.24, 2.45) is 5.92 Å². The molecule has 1 aromatic heterocycles. The molecular weight excluding hydrogens is 356 g/mol. The van der Waals surface area contributed by atoms with Crippen molar-refractivity contribution in [3.8, 4) is 0 Å². The van der Waals surface area contributed by atoms with E-state index in [1.54, 1.807) is 0 Å². The Morgan fingerprint density at radius 3 is 2.65 bits per heavy atom. The number of aromatic amines is 1. The molecule has 9 heteroatoms. The summed E-state index contributed by atoms with van der Waals surface area (Å²) in [5.74, 6) is -1.77. The Bertz CT molecular complexity index is 865. The van der Waals surface area contributed by atoms with Crippen LogP contribution in [0.1, 0.15) is 16.1 Å². The summed E-state index contributed by atoms with van der Waals surface area (Å²) >= 11 is 0. The largest absolute Gasteiger partial charge is 0.354 e. The number of sulfonamides is 1. The molecule has 138 valence electrons. The van der Waals surface area contributed by atoms with Gasteiger partial charge in [-0.25, -0.2) is 8.42 Å². The average Bonchev–Trinajstić information content (AvgIpc) is 3.16. The summed E-state index contributed by atoms with van der Waals surface area (Å²) < 4.78 is 26.7. The number of H-pyrrole nitrogens is 1. The fourth-order valence-electron chi connectivity index (χ4n) is 2.95. The second-order valence-corrected chi connectivity index (χ2v) is 8.20. The van der Waals surface area contributed by atoms with Gasteiger partial charge in [-0.2, -0.15) is 9.40 Å². The lowest BCUT2D eigenvalue weighted by Gasteiger charge is -2.27. The van der Waals surface area contributed by atoms with E-state index in [1.165, 1.54) is 12.3 Å². The zero-order valence-corrected chi connectivity index (χ0v) is 14.9. The normalized spacial score (nSPS) is 16.8. The van der Waals surface area contributed by atoms with E-state index in [1.807, 2.05) is 30.3 Å². The molecule has 1 aromatic carbocycles. The van der Waals surface area contributed by atoms with Crippen molar-refractivity contribution in [3.05, 3.63) is 53.9 Å². The average molecular weight is 376 g/mol. The van der Waals surface area contributed by atoms with Gasteiger partial charge in [0.05, 0.1) is 12.3 Å². The number of rotatable bonds is 7. The van der Waals surface area contributed by atoms with Crippen LogP contribution in [-0.2, 0) is 21.2 Å². The SMILES string of the molecule is O=C1CN(S(=O)(=O)C[C@@H](Cc2ccccc2)C(=O)c2ccn[nH]2)CCN1. The number of ketones is 1. The van der Waals surface area contributed by atoms with Crippen LogP contribution in [0, 0.1) is 5.92 Å². The molecule has 0 unspecified atom stereocenters.